The van der Waals surface area contributed by atoms with E-state index < -0.39 is 175 Å². The lowest BCUT2D eigenvalue weighted by molar-refractivity contribution is -0.313. The Balaban J connectivity index is 1.01. The van der Waals surface area contributed by atoms with E-state index in [2.05, 4.69) is 16.0 Å². The molecule has 5 N–H and O–H groups in total. The summed E-state index contributed by atoms with van der Waals surface area (Å²) in [6, 6.07) is 74.5. The van der Waals surface area contributed by atoms with Gasteiger partial charge in [0.25, 0.3) is 23.6 Å². The quantitative estimate of drug-likeness (QED) is 0.00797. The minimum atomic E-state index is -2.89. The maximum absolute atomic E-state index is 15.8. The molecular formula is C98H83N7O23. The largest absolute Gasteiger partial charge is 0.459 e. The van der Waals surface area contributed by atoms with E-state index in [1.165, 1.54) is 244 Å². The second-order valence-electron chi connectivity index (χ2n) is 29.4. The van der Waals surface area contributed by atoms with Crippen LogP contribution in [0.5, 0.6) is 0 Å². The Morgan fingerprint density at radius 1 is 0.328 bits per heavy atom. The Morgan fingerprint density at radius 2 is 0.602 bits per heavy atom. The first-order valence-corrected chi connectivity index (χ1v) is 40.5. The van der Waals surface area contributed by atoms with Crippen molar-refractivity contribution in [2.75, 3.05) is 13.7 Å². The number of esters is 7. The van der Waals surface area contributed by atoms with Gasteiger partial charge in [0.1, 0.15) is 37.1 Å². The lowest BCUT2D eigenvalue weighted by Crippen LogP contribution is -2.76. The molecule has 0 bridgehead atoms. The molecule has 2 heterocycles. The zero-order valence-electron chi connectivity index (χ0n) is 68.4. The van der Waals surface area contributed by atoms with Crippen LogP contribution in [0.25, 0.3) is 0 Å². The minimum Gasteiger partial charge on any atom is -0.459 e. The van der Waals surface area contributed by atoms with Crippen molar-refractivity contribution < 1.29 is 110 Å². The predicted molar refractivity (Wildman–Crippen MR) is 457 cm³/mol. The van der Waals surface area contributed by atoms with Crippen molar-refractivity contribution in [3.63, 3.8) is 0 Å². The van der Waals surface area contributed by atoms with Crippen molar-refractivity contribution in [3.05, 3.63) is 395 Å². The molecule has 14 rings (SSSR count). The standard InChI is InChI=1S/C98H83N7O23/c1-60-98(59-106,128-93(117)71-56-34-13-35-57-71)82(127-94-75(101-2)80(124-91(115)69-52-30-11-31-53-69)76(121-88(112)66-46-24-8-25-47-66)72(120-94)58-118-87(111)65-44-22-7-23-45-65)95(119-60)126-79-74(103-97(100)105(85(109)63-40-18-5-19-41-63)86(110)64-42-20-6-21-43-64)77(122-89(113)67-48-26-9-27-49-67)73(102-96(99)104(83(107)61-36-14-3-15-37-61)84(108)62-38-16-4-17-39-62)78(123-90(114)68-50-28-10-29-51-68)81(79)125-92(116)70-54-32-12-33-55-70/h3-57,59-60,72-82,94-95,101H,58H2,1-2H3,(H2,99,102)(H2,100,103). The summed E-state index contributed by atoms with van der Waals surface area (Å²) in [5.74, 6) is -14.9. The van der Waals surface area contributed by atoms with Gasteiger partial charge in [-0.2, -0.15) is 0 Å². The van der Waals surface area contributed by atoms with Gasteiger partial charge < -0.3 is 68.1 Å². The van der Waals surface area contributed by atoms with Crippen LogP contribution in [0.15, 0.2) is 334 Å². The van der Waals surface area contributed by atoms with E-state index in [4.69, 9.17) is 52.1 Å². The lowest BCUT2D eigenvalue weighted by atomic mass is 9.80. The highest BCUT2D eigenvalue weighted by Crippen LogP contribution is 2.43. The molecule has 1 aliphatic carbocycles. The molecule has 11 aromatic carbocycles. The van der Waals surface area contributed by atoms with Crippen LogP contribution in [0.2, 0.25) is 0 Å². The van der Waals surface area contributed by atoms with Crippen molar-refractivity contribution in [1.29, 1.82) is 10.8 Å². The Morgan fingerprint density at radius 3 is 0.922 bits per heavy atom. The maximum Gasteiger partial charge on any atom is 0.339 e. The van der Waals surface area contributed by atoms with Crippen LogP contribution in [0.4, 0.5) is 0 Å². The summed E-state index contributed by atoms with van der Waals surface area (Å²) in [6.45, 7) is 0.416. The van der Waals surface area contributed by atoms with Crippen molar-refractivity contribution in [1.82, 2.24) is 25.8 Å². The molecule has 3 fully saturated rings. The second-order valence-corrected chi connectivity index (χ2v) is 29.4. The van der Waals surface area contributed by atoms with E-state index in [0.29, 0.717) is 9.80 Å². The van der Waals surface area contributed by atoms with E-state index in [9.17, 15) is 25.2 Å². The van der Waals surface area contributed by atoms with Crippen LogP contribution in [0, 0.1) is 10.8 Å². The molecule has 30 heteroatoms. The van der Waals surface area contributed by atoms with Gasteiger partial charge >= 0.3 is 41.8 Å². The smallest absolute Gasteiger partial charge is 0.339 e. The summed E-state index contributed by atoms with van der Waals surface area (Å²) in [5, 5.41) is 29.6. The van der Waals surface area contributed by atoms with Crippen molar-refractivity contribution in [2.45, 2.75) is 98.2 Å². The van der Waals surface area contributed by atoms with Gasteiger partial charge in [-0.05, 0) is 147 Å². The highest BCUT2D eigenvalue weighted by atomic mass is 16.8. The number of carbonyl (C=O) groups excluding carboxylic acids is 12. The molecule has 2 saturated heterocycles. The topological polar surface area (TPSA) is 397 Å². The molecule has 0 aromatic heterocycles. The molecule has 0 spiro atoms. The zero-order valence-corrected chi connectivity index (χ0v) is 68.4. The first kappa shape index (κ1) is 88.7. The summed E-state index contributed by atoms with van der Waals surface area (Å²) in [5.41, 5.74) is -4.36. The van der Waals surface area contributed by atoms with E-state index in [0.717, 1.165) is 0 Å². The van der Waals surface area contributed by atoms with Crippen LogP contribution < -0.4 is 16.0 Å². The second kappa shape index (κ2) is 41.3. The third-order valence-corrected chi connectivity index (χ3v) is 21.3. The Hall–Kier alpha value is -15.6. The van der Waals surface area contributed by atoms with Gasteiger partial charge in [0.05, 0.1) is 51.0 Å². The average Bonchev–Trinajstić information content (AvgIpc) is 1.47. The summed E-state index contributed by atoms with van der Waals surface area (Å²) < 4.78 is 74.1. The normalized spacial score (nSPS) is 22.0. The fourth-order valence-electron chi connectivity index (χ4n) is 14.9. The van der Waals surface area contributed by atoms with Gasteiger partial charge in [0, 0.05) is 22.3 Å². The predicted octanol–water partition coefficient (Wildman–Crippen LogP) is 11.4. The summed E-state index contributed by atoms with van der Waals surface area (Å²) in [7, 11) is 1.36. The summed E-state index contributed by atoms with van der Waals surface area (Å²) >= 11 is 0. The monoisotopic (exact) mass is 1730 g/mol. The number of amides is 4. The van der Waals surface area contributed by atoms with Crippen LogP contribution in [0.1, 0.15) is 121 Å². The fraction of sp³-hybridized carbons (Fsp3) is 0.184. The number of benzene rings is 11. The number of carbonyl (C=O) groups is 12. The molecule has 2 aliphatic heterocycles. The first-order valence-electron chi connectivity index (χ1n) is 40.5. The molecule has 15 unspecified atom stereocenters. The SMILES string of the molecule is CNC1C(OC2C(OC3C(NC(=N)N(C(=O)c4ccccc4)C(=O)c4ccccc4)C(OC(=O)c4ccccc4)C(NC(=N)N(C(=O)c4ccccc4)C(=O)c4ccccc4)C(OC(=O)c4ccccc4)C3OC(=O)c3ccccc3)OC(C)C2(C=O)OC(=O)c2ccccc2)OC(COC(=O)c2ccccc2)C(OC(=O)c2ccccc2)C1OC(=O)c1ccccc1. The fourth-order valence-corrected chi connectivity index (χ4v) is 14.9. The van der Waals surface area contributed by atoms with Gasteiger partial charge in [0.2, 0.25) is 17.5 Å². The molecular weight excluding hydrogens is 1640 g/mol. The number of hydrogen-bond acceptors (Lipinski definition) is 26. The van der Waals surface area contributed by atoms with Crippen LogP contribution in [-0.2, 0) is 56.9 Å². The molecule has 128 heavy (non-hydrogen) atoms. The molecule has 3 aliphatic rings. The third kappa shape index (κ3) is 20.3. The molecule has 15 atom stereocenters. The van der Waals surface area contributed by atoms with Crippen LogP contribution in [-0.4, -0.2) is 198 Å². The Bertz CT molecular complexity index is 5690. The number of aldehydes is 1. The van der Waals surface area contributed by atoms with Gasteiger partial charge in [-0.15, -0.1) is 0 Å². The summed E-state index contributed by atoms with van der Waals surface area (Å²) in [6.07, 6.45) is -23.8. The van der Waals surface area contributed by atoms with Crippen LogP contribution in [0.3, 0.4) is 0 Å². The lowest BCUT2D eigenvalue weighted by Gasteiger charge is -2.50. The maximum atomic E-state index is 15.8. The number of rotatable bonds is 27. The van der Waals surface area contributed by atoms with Crippen molar-refractivity contribution >= 4 is 83.6 Å². The Labute approximate surface area is 732 Å². The minimum absolute atomic E-state index is 0.00220. The average molecular weight is 1730 g/mol. The van der Waals surface area contributed by atoms with Crippen molar-refractivity contribution in [2.24, 2.45) is 0 Å². The molecule has 0 radical (unpaired) electrons. The first-order chi connectivity index (χ1) is 62.2. The van der Waals surface area contributed by atoms with E-state index in [-0.39, 0.29) is 67.5 Å². The van der Waals surface area contributed by atoms with Gasteiger partial charge in [-0.25, -0.2) is 43.4 Å². The number of hydrogen-bond donors (Lipinski definition) is 5. The molecule has 11 aromatic rings. The van der Waals surface area contributed by atoms with E-state index in [1.54, 1.807) is 103 Å². The van der Waals surface area contributed by atoms with E-state index >= 15 is 43.2 Å². The molecule has 30 nitrogen and oxygen atoms in total. The molecule has 648 valence electrons. The van der Waals surface area contributed by atoms with Gasteiger partial charge in [-0.1, -0.05) is 200 Å². The Kier molecular flexibility index (Phi) is 28.6. The molecule has 1 saturated carbocycles. The molecule has 4 amide bonds. The highest BCUT2D eigenvalue weighted by Gasteiger charge is 2.66. The number of guanidine groups is 2. The van der Waals surface area contributed by atoms with Gasteiger partial charge in [-0.3, -0.25) is 34.8 Å². The van der Waals surface area contributed by atoms with Crippen molar-refractivity contribution in [3.8, 4) is 0 Å². The zero-order chi connectivity index (χ0) is 89.8. The number of nitrogens with zero attached hydrogens (tertiary/aromatic N) is 2. The van der Waals surface area contributed by atoms with E-state index in [1.807, 2.05) is 0 Å². The number of ether oxygens (including phenoxy) is 11. The highest BCUT2D eigenvalue weighted by molar-refractivity contribution is 6.22. The number of likely N-dealkylation sites (N-methyl/N-ethyl adjacent to an activating group) is 1. The summed E-state index contributed by atoms with van der Waals surface area (Å²) in [4.78, 5) is 184. The number of nitrogens with one attached hydrogen (secondary N) is 5. The third-order valence-electron chi connectivity index (χ3n) is 21.3. The van der Waals surface area contributed by atoms with Crippen LogP contribution >= 0.6 is 0 Å². The number of imide groups is 2. The van der Waals surface area contributed by atoms with Gasteiger partial charge in [0.15, 0.2) is 49.4 Å².